The van der Waals surface area contributed by atoms with Crippen LogP contribution in [0.4, 0.5) is 0 Å². The van der Waals surface area contributed by atoms with Crippen molar-refractivity contribution in [1.82, 2.24) is 0 Å². The van der Waals surface area contributed by atoms with Crippen molar-refractivity contribution in [3.05, 3.63) is 40.5 Å². The number of carboxylic acid groups (broad SMARTS) is 2. The fraction of sp³-hybridized carbons (Fsp3) is 0.200. The van der Waals surface area contributed by atoms with Gasteiger partial charge in [0.1, 0.15) is 0 Å². The molecule has 0 saturated heterocycles. The van der Waals surface area contributed by atoms with Crippen LogP contribution in [0.3, 0.4) is 0 Å². The van der Waals surface area contributed by atoms with Crippen molar-refractivity contribution >= 4 is 11.9 Å². The molecule has 2 N–H and O–H groups in total. The summed E-state index contributed by atoms with van der Waals surface area (Å²) in [6.07, 6.45) is 3.00. The second-order valence-corrected chi connectivity index (χ2v) is 1.62. The van der Waals surface area contributed by atoms with Crippen LogP contribution in [-0.2, 0) is 50.4 Å². The molecule has 4 nitrogen and oxygen atoms in total. The second kappa shape index (κ2) is 45.5. The third-order valence-corrected chi connectivity index (χ3v) is 0. The molecule has 0 atom stereocenters. The van der Waals surface area contributed by atoms with Gasteiger partial charge in [0.2, 0.25) is 0 Å². The van der Waals surface area contributed by atoms with E-state index in [-0.39, 0.29) is 40.8 Å². The van der Waals surface area contributed by atoms with Crippen molar-refractivity contribution in [2.45, 2.75) is 13.8 Å². The predicted octanol–water partition coefficient (Wildman–Crippen LogP) is 1.89. The second-order valence-electron chi connectivity index (χ2n) is 1.62. The van der Waals surface area contributed by atoms with E-state index in [0.29, 0.717) is 0 Å². The van der Waals surface area contributed by atoms with E-state index in [4.69, 9.17) is 19.8 Å². The van der Waals surface area contributed by atoms with Crippen molar-refractivity contribution in [2.75, 3.05) is 0 Å². The monoisotopic (exact) mass is 414 g/mol. The topological polar surface area (TPSA) is 74.6 Å². The number of hydrogen-bond donors (Lipinski definition) is 2. The average Bonchev–Trinajstić information content (AvgIpc) is 1.85. The zero-order chi connectivity index (χ0) is 12.6. The molecule has 0 saturated carbocycles. The molecule has 0 heterocycles. The predicted molar refractivity (Wildman–Crippen MR) is 56.6 cm³/mol. The molecule has 0 aliphatic carbocycles. The molecule has 0 amide bonds. The van der Waals surface area contributed by atoms with Gasteiger partial charge in [0.25, 0.3) is 11.9 Å². The van der Waals surface area contributed by atoms with Gasteiger partial charge in [-0.15, -0.1) is 0 Å². The van der Waals surface area contributed by atoms with Gasteiger partial charge in [0, 0.05) is 54.7 Å². The number of rotatable bonds is 0. The maximum atomic E-state index is 9.00. The van der Waals surface area contributed by atoms with E-state index in [1.807, 2.05) is 0 Å². The molecule has 0 spiro atoms. The first-order valence-corrected chi connectivity index (χ1v) is 3.49. The minimum absolute atomic E-state index is 0. The van der Waals surface area contributed by atoms with Gasteiger partial charge in [-0.3, -0.25) is 9.59 Å². The maximum Gasteiger partial charge on any atom is 0.300 e. The van der Waals surface area contributed by atoms with Crippen LogP contribution < -0.4 is 0 Å². The van der Waals surface area contributed by atoms with Crippen molar-refractivity contribution in [2.24, 2.45) is 0 Å². The summed E-state index contributed by atoms with van der Waals surface area (Å²) in [7, 11) is 0. The Kier molecular flexibility index (Phi) is 102. The summed E-state index contributed by atoms with van der Waals surface area (Å²) in [4.78, 5) is 18.0. The van der Waals surface area contributed by atoms with E-state index in [0.717, 1.165) is 13.8 Å². The molecule has 0 rings (SSSR count). The van der Waals surface area contributed by atoms with Gasteiger partial charge in [-0.1, -0.05) is 0 Å². The number of hydrogen-bond acceptors (Lipinski definition) is 2. The molecule has 0 aromatic heterocycles. The van der Waals surface area contributed by atoms with Crippen molar-refractivity contribution in [1.29, 1.82) is 0 Å². The Labute approximate surface area is 127 Å². The van der Waals surface area contributed by atoms with E-state index >= 15 is 0 Å². The molecule has 16 heavy (non-hydrogen) atoms. The van der Waals surface area contributed by atoms with Crippen molar-refractivity contribution in [3.8, 4) is 0 Å². The van der Waals surface area contributed by atoms with Gasteiger partial charge in [-0.25, -0.2) is 0 Å². The number of carboxylic acids is 2. The fourth-order valence-corrected chi connectivity index (χ4v) is 0. The molecule has 0 aromatic rings. The summed E-state index contributed by atoms with van der Waals surface area (Å²) in [5.74, 6) is -1.67. The number of aliphatic carboxylic acids is 2. The van der Waals surface area contributed by atoms with Crippen LogP contribution >= 0.6 is 0 Å². The van der Waals surface area contributed by atoms with Gasteiger partial charge in [0.15, 0.2) is 0 Å². The first kappa shape index (κ1) is 36.0. The van der Waals surface area contributed by atoms with Crippen LogP contribution in [0, 0.1) is 40.5 Å². The zero-order valence-electron chi connectivity index (χ0n) is 9.33. The molecule has 6 radical (unpaired) electrons. The largest absolute Gasteiger partial charge is 0.481 e. The third-order valence-electron chi connectivity index (χ3n) is 0. The third kappa shape index (κ3) is 35800. The Morgan fingerprint density at radius 3 is 0.812 bits per heavy atom. The molecule has 0 aliphatic rings. The van der Waals surface area contributed by atoms with Crippen LogP contribution in [0.2, 0.25) is 0 Å². The van der Waals surface area contributed by atoms with E-state index < -0.39 is 11.9 Å². The summed E-state index contributed by atoms with van der Waals surface area (Å²) in [6.45, 7) is 15.2. The van der Waals surface area contributed by atoms with E-state index in [1.54, 1.807) is 0 Å². The van der Waals surface area contributed by atoms with E-state index in [2.05, 4.69) is 27.7 Å². The van der Waals surface area contributed by atoms with Gasteiger partial charge < -0.3 is 10.2 Å². The van der Waals surface area contributed by atoms with Crippen LogP contribution in [0.25, 0.3) is 0 Å². The molecule has 0 aliphatic heterocycles. The molecule has 0 bridgehead atoms. The zero-order valence-corrected chi connectivity index (χ0v) is 12.4. The van der Waals surface area contributed by atoms with E-state index in [9.17, 15) is 0 Å². The average molecular weight is 415 g/mol. The molecular weight excluding hydrogens is 397 g/mol. The molecule has 6 heteroatoms. The van der Waals surface area contributed by atoms with E-state index in [1.165, 1.54) is 12.8 Å². The molecular formula is C10H18O4Pd2. The molecule has 0 aromatic carbocycles. The first-order valence-electron chi connectivity index (χ1n) is 3.49. The van der Waals surface area contributed by atoms with Gasteiger partial charge in [0.05, 0.1) is 0 Å². The molecule has 102 valence electrons. The Morgan fingerprint density at radius 1 is 0.812 bits per heavy atom. The normalized spacial score (nSPS) is 5.38. The summed E-state index contributed by atoms with van der Waals surface area (Å²) in [5, 5.41) is 14.8. The van der Waals surface area contributed by atoms with Crippen molar-refractivity contribution < 1.29 is 60.6 Å². The van der Waals surface area contributed by atoms with Crippen LogP contribution in [0.1, 0.15) is 13.8 Å². The van der Waals surface area contributed by atoms with Gasteiger partial charge >= 0.3 is 0 Å². The minimum atomic E-state index is -0.833. The van der Waals surface area contributed by atoms with Gasteiger partial charge in [-0.2, -0.15) is 0 Å². The summed E-state index contributed by atoms with van der Waals surface area (Å²) in [5.41, 5.74) is 0. The van der Waals surface area contributed by atoms with Crippen LogP contribution in [0.15, 0.2) is 0 Å². The maximum absolute atomic E-state index is 9.00. The quantitative estimate of drug-likeness (QED) is 0.593. The first-order chi connectivity index (χ1) is 6.29. The minimum Gasteiger partial charge on any atom is -0.481 e. The summed E-state index contributed by atoms with van der Waals surface area (Å²) < 4.78 is 0. The Morgan fingerprint density at radius 2 is 0.812 bits per heavy atom. The Hall–Kier alpha value is 0.265. The summed E-state index contributed by atoms with van der Waals surface area (Å²) >= 11 is 0. The summed E-state index contributed by atoms with van der Waals surface area (Å²) in [6, 6.07) is 0. The standard InChI is InChI=1S/2C3H5.2C2H4O2.2Pd/c2*1-3-2;2*1-2(3)4;;/h2*3H,1-2H2;2*1H3,(H,3,4);;. The van der Waals surface area contributed by atoms with Crippen LogP contribution in [0.5, 0.6) is 0 Å². The van der Waals surface area contributed by atoms with Crippen LogP contribution in [-0.4, -0.2) is 22.2 Å². The molecule has 0 fully saturated rings. The number of carbonyl (C=O) groups is 2. The van der Waals surface area contributed by atoms with Gasteiger partial charge in [-0.05, 0) is 40.5 Å². The fourth-order valence-electron chi connectivity index (χ4n) is 0. The SMILES string of the molecule is CC(=O)O.CC(=O)O.[CH2][CH][CH2].[CH2][CH][CH2].[Pd].[Pd]. The molecule has 0 unspecified atom stereocenters. The Bertz CT molecular complexity index is 97.4. The Balaban J connectivity index is -0.0000000202. The smallest absolute Gasteiger partial charge is 0.300 e. The van der Waals surface area contributed by atoms with Crippen molar-refractivity contribution in [3.63, 3.8) is 0 Å².